The van der Waals surface area contributed by atoms with Crippen molar-refractivity contribution >= 4 is 34.2 Å². The zero-order chi connectivity index (χ0) is 16.0. The summed E-state index contributed by atoms with van der Waals surface area (Å²) in [4.78, 5) is 18.3. The summed E-state index contributed by atoms with van der Waals surface area (Å²) < 4.78 is 2.11. The van der Waals surface area contributed by atoms with Gasteiger partial charge in [0.05, 0.1) is 16.6 Å². The average molecular weight is 324 g/mol. The van der Waals surface area contributed by atoms with E-state index in [0.29, 0.717) is 0 Å². The molecule has 116 valence electrons. The first-order valence-corrected chi connectivity index (χ1v) is 8.29. The van der Waals surface area contributed by atoms with Gasteiger partial charge in [0.2, 0.25) is 5.95 Å². The standard InChI is InChI=1S/C17H16N4OS/c1-10-14(16(22)18-2)15(13-8-5-9-23-13)21-12-7-4-3-6-11(12)20-17(21)19-10/h3-9,15H,1-2H3,(H,18,22)(H,19,20). The van der Waals surface area contributed by atoms with Crippen LogP contribution in [-0.2, 0) is 4.79 Å². The summed E-state index contributed by atoms with van der Waals surface area (Å²) in [6.07, 6.45) is 0. The Kier molecular flexibility index (Phi) is 3.20. The Morgan fingerprint density at radius 1 is 1.30 bits per heavy atom. The van der Waals surface area contributed by atoms with Crippen LogP contribution in [0.2, 0.25) is 0 Å². The Morgan fingerprint density at radius 3 is 2.87 bits per heavy atom. The van der Waals surface area contributed by atoms with Crippen molar-refractivity contribution in [3.63, 3.8) is 0 Å². The number of likely N-dealkylation sites (N-methyl/N-ethyl adjacent to an activating group) is 1. The number of benzene rings is 1. The normalized spacial score (nSPS) is 17.0. The third-order valence-corrected chi connectivity index (χ3v) is 5.04. The van der Waals surface area contributed by atoms with Crippen molar-refractivity contribution in [3.8, 4) is 0 Å². The van der Waals surface area contributed by atoms with Crippen LogP contribution in [0.4, 0.5) is 5.95 Å². The minimum absolute atomic E-state index is 0.0724. The number of carbonyl (C=O) groups is 1. The lowest BCUT2D eigenvalue weighted by Crippen LogP contribution is -2.32. The van der Waals surface area contributed by atoms with E-state index in [2.05, 4.69) is 26.3 Å². The first kappa shape index (κ1) is 14.0. The molecule has 0 radical (unpaired) electrons. The van der Waals surface area contributed by atoms with Crippen LogP contribution < -0.4 is 10.6 Å². The van der Waals surface area contributed by atoms with Gasteiger partial charge in [-0.05, 0) is 30.5 Å². The highest BCUT2D eigenvalue weighted by Crippen LogP contribution is 2.40. The average Bonchev–Trinajstić information content (AvgIpc) is 3.20. The van der Waals surface area contributed by atoms with E-state index in [0.717, 1.165) is 33.1 Å². The summed E-state index contributed by atoms with van der Waals surface area (Å²) in [5.74, 6) is 0.701. The summed E-state index contributed by atoms with van der Waals surface area (Å²) in [5, 5.41) is 8.08. The van der Waals surface area contributed by atoms with Gasteiger partial charge in [-0.25, -0.2) is 4.98 Å². The molecule has 4 rings (SSSR count). The lowest BCUT2D eigenvalue weighted by Gasteiger charge is -2.29. The maximum atomic E-state index is 12.5. The number of rotatable bonds is 2. The van der Waals surface area contributed by atoms with E-state index in [1.54, 1.807) is 18.4 Å². The molecule has 1 aliphatic heterocycles. The molecule has 1 atom stereocenters. The van der Waals surface area contributed by atoms with E-state index in [4.69, 9.17) is 0 Å². The van der Waals surface area contributed by atoms with Crippen LogP contribution in [0.5, 0.6) is 0 Å². The summed E-state index contributed by atoms with van der Waals surface area (Å²) in [6, 6.07) is 11.9. The SMILES string of the molecule is CNC(=O)C1=C(C)Nc2nc3ccccc3n2C1c1cccs1. The van der Waals surface area contributed by atoms with Gasteiger partial charge in [-0.3, -0.25) is 9.36 Å². The first-order chi connectivity index (χ1) is 11.2. The molecular formula is C17H16N4OS. The van der Waals surface area contributed by atoms with Crippen molar-refractivity contribution in [2.24, 2.45) is 0 Å². The number of hydrogen-bond donors (Lipinski definition) is 2. The molecule has 23 heavy (non-hydrogen) atoms. The third-order valence-electron chi connectivity index (χ3n) is 4.12. The molecule has 0 spiro atoms. The Balaban J connectivity index is 2.02. The molecule has 2 N–H and O–H groups in total. The second-order valence-electron chi connectivity index (χ2n) is 5.45. The molecule has 2 aromatic heterocycles. The first-order valence-electron chi connectivity index (χ1n) is 7.41. The van der Waals surface area contributed by atoms with Crippen molar-refractivity contribution in [2.75, 3.05) is 12.4 Å². The van der Waals surface area contributed by atoms with E-state index in [1.165, 1.54) is 0 Å². The Labute approximate surface area is 137 Å². The number of anilines is 1. The molecule has 1 aliphatic rings. The lowest BCUT2D eigenvalue weighted by molar-refractivity contribution is -0.117. The molecule has 0 fully saturated rings. The fourth-order valence-corrected chi connectivity index (χ4v) is 3.93. The largest absolute Gasteiger partial charge is 0.355 e. The van der Waals surface area contributed by atoms with E-state index in [-0.39, 0.29) is 11.9 Å². The van der Waals surface area contributed by atoms with Gasteiger partial charge in [0.25, 0.3) is 5.91 Å². The maximum absolute atomic E-state index is 12.5. The van der Waals surface area contributed by atoms with Crippen LogP contribution in [0.1, 0.15) is 17.8 Å². The quantitative estimate of drug-likeness (QED) is 0.761. The molecule has 0 bridgehead atoms. The van der Waals surface area contributed by atoms with Crippen LogP contribution in [0.3, 0.4) is 0 Å². The molecule has 3 aromatic rings. The second-order valence-corrected chi connectivity index (χ2v) is 6.43. The molecule has 0 saturated heterocycles. The predicted molar refractivity (Wildman–Crippen MR) is 92.6 cm³/mol. The van der Waals surface area contributed by atoms with Crippen LogP contribution in [0.25, 0.3) is 11.0 Å². The van der Waals surface area contributed by atoms with Crippen molar-refractivity contribution in [2.45, 2.75) is 13.0 Å². The number of imidazole rings is 1. The Bertz CT molecular complexity index is 923. The highest BCUT2D eigenvalue weighted by Gasteiger charge is 2.34. The molecular weight excluding hydrogens is 308 g/mol. The van der Waals surface area contributed by atoms with E-state index >= 15 is 0 Å². The van der Waals surface area contributed by atoms with Gasteiger partial charge in [-0.15, -0.1) is 11.3 Å². The van der Waals surface area contributed by atoms with Gasteiger partial charge in [0.1, 0.15) is 6.04 Å². The molecule has 3 heterocycles. The molecule has 0 saturated carbocycles. The fourth-order valence-electron chi connectivity index (χ4n) is 3.11. The van der Waals surface area contributed by atoms with Crippen molar-refractivity contribution in [1.82, 2.24) is 14.9 Å². The highest BCUT2D eigenvalue weighted by molar-refractivity contribution is 7.10. The molecule has 1 unspecified atom stereocenters. The van der Waals surface area contributed by atoms with Crippen molar-refractivity contribution in [1.29, 1.82) is 0 Å². The third kappa shape index (κ3) is 2.06. The molecule has 5 nitrogen and oxygen atoms in total. The Hall–Kier alpha value is -2.60. The van der Waals surface area contributed by atoms with Gasteiger partial charge >= 0.3 is 0 Å². The number of para-hydroxylation sites is 2. The number of fused-ring (bicyclic) bond motifs is 3. The van der Waals surface area contributed by atoms with Crippen LogP contribution >= 0.6 is 11.3 Å². The highest BCUT2D eigenvalue weighted by atomic mass is 32.1. The van der Waals surface area contributed by atoms with Crippen LogP contribution in [0, 0.1) is 0 Å². The molecule has 0 aliphatic carbocycles. The maximum Gasteiger partial charge on any atom is 0.251 e. The molecule has 1 aromatic carbocycles. The summed E-state index contributed by atoms with van der Waals surface area (Å²) >= 11 is 1.65. The molecule has 6 heteroatoms. The second kappa shape index (κ2) is 5.24. The monoisotopic (exact) mass is 324 g/mol. The van der Waals surface area contributed by atoms with E-state index < -0.39 is 0 Å². The Morgan fingerprint density at radius 2 is 2.13 bits per heavy atom. The number of thiophene rings is 1. The topological polar surface area (TPSA) is 59.0 Å². The van der Waals surface area contributed by atoms with Crippen molar-refractivity contribution < 1.29 is 4.79 Å². The van der Waals surface area contributed by atoms with Gasteiger partial charge in [-0.1, -0.05) is 18.2 Å². The van der Waals surface area contributed by atoms with Gasteiger partial charge in [-0.2, -0.15) is 0 Å². The number of carbonyl (C=O) groups excluding carboxylic acids is 1. The van der Waals surface area contributed by atoms with E-state index in [9.17, 15) is 4.79 Å². The van der Waals surface area contributed by atoms with Crippen LogP contribution in [-0.4, -0.2) is 22.5 Å². The minimum Gasteiger partial charge on any atom is -0.355 e. The van der Waals surface area contributed by atoms with Gasteiger partial charge in [0, 0.05) is 17.6 Å². The molecule has 1 amide bonds. The minimum atomic E-state index is -0.168. The lowest BCUT2D eigenvalue weighted by atomic mass is 10.00. The summed E-state index contributed by atoms with van der Waals surface area (Å²) in [7, 11) is 1.66. The summed E-state index contributed by atoms with van der Waals surface area (Å²) in [5.41, 5.74) is 3.50. The zero-order valence-corrected chi connectivity index (χ0v) is 13.6. The smallest absolute Gasteiger partial charge is 0.251 e. The van der Waals surface area contributed by atoms with E-state index in [1.807, 2.05) is 42.6 Å². The zero-order valence-electron chi connectivity index (χ0n) is 12.8. The number of aromatic nitrogens is 2. The predicted octanol–water partition coefficient (Wildman–Crippen LogP) is 3.13. The number of amides is 1. The number of nitrogens with zero attached hydrogens (tertiary/aromatic N) is 2. The van der Waals surface area contributed by atoms with Gasteiger partial charge < -0.3 is 10.6 Å². The van der Waals surface area contributed by atoms with Crippen LogP contribution in [0.15, 0.2) is 53.0 Å². The number of hydrogen-bond acceptors (Lipinski definition) is 4. The number of allylic oxidation sites excluding steroid dienone is 1. The number of nitrogens with one attached hydrogen (secondary N) is 2. The van der Waals surface area contributed by atoms with Gasteiger partial charge in [0.15, 0.2) is 0 Å². The fraction of sp³-hybridized carbons (Fsp3) is 0.176. The van der Waals surface area contributed by atoms with Crippen molar-refractivity contribution in [3.05, 3.63) is 57.9 Å². The summed E-state index contributed by atoms with van der Waals surface area (Å²) in [6.45, 7) is 1.92.